The van der Waals surface area contributed by atoms with Crippen LogP contribution in [0.1, 0.15) is 12.0 Å². The molecule has 1 saturated heterocycles. The number of likely N-dealkylation sites (N-methyl/N-ethyl adjacent to an activating group) is 1. The number of aromatic nitrogens is 1. The predicted octanol–water partition coefficient (Wildman–Crippen LogP) is 2.09. The molecule has 0 amide bonds. The Morgan fingerprint density at radius 2 is 2.14 bits per heavy atom. The van der Waals surface area contributed by atoms with E-state index in [1.165, 1.54) is 17.4 Å². The zero-order chi connectivity index (χ0) is 14.8. The number of hydrogen-bond donors (Lipinski definition) is 1. The molecular formula is C17H24N4. The van der Waals surface area contributed by atoms with Crippen LogP contribution in [0.25, 0.3) is 10.9 Å². The maximum Gasteiger partial charge on any atom is 0.133 e. The summed E-state index contributed by atoms with van der Waals surface area (Å²) in [6, 6.07) is 11.3. The molecule has 4 heteroatoms. The lowest BCUT2D eigenvalue weighted by Crippen LogP contribution is -2.32. The van der Waals surface area contributed by atoms with Crippen LogP contribution < -0.4 is 10.2 Å². The van der Waals surface area contributed by atoms with Crippen molar-refractivity contribution in [3.63, 3.8) is 0 Å². The quantitative estimate of drug-likeness (QED) is 0.931. The second-order valence-electron chi connectivity index (χ2n) is 6.05. The molecule has 3 rings (SSSR count). The van der Waals surface area contributed by atoms with Gasteiger partial charge in [-0.15, -0.1) is 0 Å². The van der Waals surface area contributed by atoms with Crippen molar-refractivity contribution < 1.29 is 0 Å². The van der Waals surface area contributed by atoms with Gasteiger partial charge < -0.3 is 15.1 Å². The number of anilines is 1. The Morgan fingerprint density at radius 3 is 2.86 bits per heavy atom. The van der Waals surface area contributed by atoms with Gasteiger partial charge in [-0.25, -0.2) is 4.98 Å². The lowest BCUT2D eigenvalue weighted by molar-refractivity contribution is 0.315. The smallest absolute Gasteiger partial charge is 0.133 e. The normalized spacial score (nSPS) is 18.9. The van der Waals surface area contributed by atoms with E-state index in [0.717, 1.165) is 31.0 Å². The first-order valence-electron chi connectivity index (χ1n) is 7.63. The van der Waals surface area contributed by atoms with Crippen LogP contribution in [0, 0.1) is 0 Å². The minimum absolute atomic E-state index is 0.626. The average Bonchev–Trinajstić information content (AvgIpc) is 2.97. The molecule has 1 fully saturated rings. The number of hydrogen-bond acceptors (Lipinski definition) is 4. The Hall–Kier alpha value is -1.65. The van der Waals surface area contributed by atoms with Crippen LogP contribution in [0.5, 0.6) is 0 Å². The van der Waals surface area contributed by atoms with Gasteiger partial charge in [0.25, 0.3) is 0 Å². The molecule has 1 unspecified atom stereocenters. The number of benzene rings is 1. The van der Waals surface area contributed by atoms with Crippen LogP contribution in [0.15, 0.2) is 30.3 Å². The molecule has 0 aliphatic carbocycles. The summed E-state index contributed by atoms with van der Waals surface area (Å²) in [4.78, 5) is 9.69. The third kappa shape index (κ3) is 2.87. The molecule has 1 aromatic carbocycles. The minimum atomic E-state index is 0.626. The van der Waals surface area contributed by atoms with E-state index in [2.05, 4.69) is 59.5 Å². The van der Waals surface area contributed by atoms with Crippen LogP contribution in [0.4, 0.5) is 5.82 Å². The zero-order valence-corrected chi connectivity index (χ0v) is 13.1. The van der Waals surface area contributed by atoms with Crippen LogP contribution in [0.3, 0.4) is 0 Å². The third-order valence-electron chi connectivity index (χ3n) is 4.34. The van der Waals surface area contributed by atoms with Crippen molar-refractivity contribution in [2.75, 3.05) is 39.1 Å². The van der Waals surface area contributed by atoms with Gasteiger partial charge in [-0.05, 0) is 39.7 Å². The molecule has 0 bridgehead atoms. The molecule has 1 aliphatic rings. The second-order valence-corrected chi connectivity index (χ2v) is 6.05. The first kappa shape index (κ1) is 14.3. The van der Waals surface area contributed by atoms with Gasteiger partial charge in [-0.3, -0.25) is 0 Å². The van der Waals surface area contributed by atoms with Gasteiger partial charge in [0.15, 0.2) is 0 Å². The lowest BCUT2D eigenvalue weighted by Gasteiger charge is -2.23. The molecule has 1 N–H and O–H groups in total. The standard InChI is InChI=1S/C17H24N4/c1-18-11-14-10-13-6-4-5-7-16(13)19-17(14)21-9-8-15(12-21)20(2)3/h4-7,10,15,18H,8-9,11-12H2,1-3H3. The van der Waals surface area contributed by atoms with E-state index in [-0.39, 0.29) is 0 Å². The molecule has 2 heterocycles. The highest BCUT2D eigenvalue weighted by molar-refractivity contribution is 5.81. The van der Waals surface area contributed by atoms with E-state index in [9.17, 15) is 0 Å². The lowest BCUT2D eigenvalue weighted by atomic mass is 10.1. The van der Waals surface area contributed by atoms with E-state index in [1.54, 1.807) is 0 Å². The Labute approximate surface area is 126 Å². The van der Waals surface area contributed by atoms with Gasteiger partial charge in [-0.1, -0.05) is 18.2 Å². The largest absolute Gasteiger partial charge is 0.355 e. The van der Waals surface area contributed by atoms with E-state index < -0.39 is 0 Å². The minimum Gasteiger partial charge on any atom is -0.355 e. The molecule has 4 nitrogen and oxygen atoms in total. The van der Waals surface area contributed by atoms with Crippen molar-refractivity contribution in [1.29, 1.82) is 0 Å². The highest BCUT2D eigenvalue weighted by Gasteiger charge is 2.26. The Bertz CT molecular complexity index is 623. The second kappa shape index (κ2) is 6.00. The van der Waals surface area contributed by atoms with E-state index in [0.29, 0.717) is 6.04 Å². The number of fused-ring (bicyclic) bond motifs is 1. The van der Waals surface area contributed by atoms with Crippen molar-refractivity contribution in [1.82, 2.24) is 15.2 Å². The number of nitrogens with zero attached hydrogens (tertiary/aromatic N) is 3. The molecule has 2 aromatic rings. The summed E-state index contributed by atoms with van der Waals surface area (Å²) >= 11 is 0. The molecule has 112 valence electrons. The molecule has 0 radical (unpaired) electrons. The maximum absolute atomic E-state index is 4.94. The highest BCUT2D eigenvalue weighted by Crippen LogP contribution is 2.27. The number of rotatable bonds is 4. The summed E-state index contributed by atoms with van der Waals surface area (Å²) < 4.78 is 0. The Kier molecular flexibility index (Phi) is 4.08. The van der Waals surface area contributed by atoms with Crippen molar-refractivity contribution in [3.8, 4) is 0 Å². The van der Waals surface area contributed by atoms with Crippen LogP contribution in [-0.4, -0.2) is 50.2 Å². The summed E-state index contributed by atoms with van der Waals surface area (Å²) in [5.74, 6) is 1.15. The summed E-state index contributed by atoms with van der Waals surface area (Å²) in [7, 11) is 6.32. The van der Waals surface area contributed by atoms with E-state index >= 15 is 0 Å². The number of nitrogens with one attached hydrogen (secondary N) is 1. The average molecular weight is 284 g/mol. The fraction of sp³-hybridized carbons (Fsp3) is 0.471. The fourth-order valence-corrected chi connectivity index (χ4v) is 3.10. The number of para-hydroxylation sites is 1. The monoisotopic (exact) mass is 284 g/mol. The topological polar surface area (TPSA) is 31.4 Å². The van der Waals surface area contributed by atoms with Gasteiger partial charge >= 0.3 is 0 Å². The van der Waals surface area contributed by atoms with Crippen molar-refractivity contribution in [2.24, 2.45) is 0 Å². The number of pyridine rings is 1. The predicted molar refractivity (Wildman–Crippen MR) is 88.8 cm³/mol. The van der Waals surface area contributed by atoms with Crippen molar-refractivity contribution in [3.05, 3.63) is 35.9 Å². The molecular weight excluding hydrogens is 260 g/mol. The Balaban J connectivity index is 1.98. The summed E-state index contributed by atoms with van der Waals surface area (Å²) in [6.45, 7) is 3.01. The molecule has 21 heavy (non-hydrogen) atoms. The molecule has 1 atom stereocenters. The zero-order valence-electron chi connectivity index (χ0n) is 13.1. The third-order valence-corrected chi connectivity index (χ3v) is 4.34. The first-order chi connectivity index (χ1) is 10.2. The Morgan fingerprint density at radius 1 is 1.33 bits per heavy atom. The van der Waals surface area contributed by atoms with Gasteiger partial charge in [0.2, 0.25) is 0 Å². The van der Waals surface area contributed by atoms with Crippen LogP contribution in [0.2, 0.25) is 0 Å². The van der Waals surface area contributed by atoms with Gasteiger partial charge in [0.1, 0.15) is 5.82 Å². The summed E-state index contributed by atoms with van der Waals surface area (Å²) in [5, 5.41) is 4.49. The molecule has 1 aromatic heterocycles. The summed E-state index contributed by atoms with van der Waals surface area (Å²) in [6.07, 6.45) is 1.21. The maximum atomic E-state index is 4.94. The van der Waals surface area contributed by atoms with E-state index in [4.69, 9.17) is 4.98 Å². The van der Waals surface area contributed by atoms with E-state index in [1.807, 2.05) is 7.05 Å². The van der Waals surface area contributed by atoms with Gasteiger partial charge in [-0.2, -0.15) is 0 Å². The molecule has 0 saturated carbocycles. The molecule has 1 aliphatic heterocycles. The SMILES string of the molecule is CNCc1cc2ccccc2nc1N1CCC(N(C)C)C1. The molecule has 0 spiro atoms. The highest BCUT2D eigenvalue weighted by atomic mass is 15.3. The van der Waals surface area contributed by atoms with Crippen molar-refractivity contribution in [2.45, 2.75) is 19.0 Å². The van der Waals surface area contributed by atoms with Gasteiger partial charge in [0, 0.05) is 36.6 Å². The summed E-state index contributed by atoms with van der Waals surface area (Å²) in [5.41, 5.74) is 2.37. The van der Waals surface area contributed by atoms with Crippen LogP contribution >= 0.6 is 0 Å². The fourth-order valence-electron chi connectivity index (χ4n) is 3.10. The van der Waals surface area contributed by atoms with Gasteiger partial charge in [0.05, 0.1) is 5.52 Å². The van der Waals surface area contributed by atoms with Crippen LogP contribution in [-0.2, 0) is 6.54 Å². The first-order valence-corrected chi connectivity index (χ1v) is 7.63. The van der Waals surface area contributed by atoms with Crippen molar-refractivity contribution >= 4 is 16.7 Å².